The summed E-state index contributed by atoms with van der Waals surface area (Å²) in [6, 6.07) is 4.79. The third kappa shape index (κ3) is 3.17. The summed E-state index contributed by atoms with van der Waals surface area (Å²) < 4.78 is 5.44. The van der Waals surface area contributed by atoms with Crippen molar-refractivity contribution in [1.29, 1.82) is 5.26 Å². The normalized spacial score (nSPS) is 22.5. The number of hydrogen-bond donors (Lipinski definition) is 1. The largest absolute Gasteiger partial charge is 0.378 e. The van der Waals surface area contributed by atoms with Crippen molar-refractivity contribution in [2.75, 3.05) is 11.9 Å². The summed E-state index contributed by atoms with van der Waals surface area (Å²) in [5.74, 6) is 0.487. The first-order valence-corrected chi connectivity index (χ1v) is 6.04. The van der Waals surface area contributed by atoms with Crippen molar-refractivity contribution in [1.82, 2.24) is 4.98 Å². The van der Waals surface area contributed by atoms with E-state index < -0.39 is 4.92 Å². The molecule has 0 bridgehead atoms. The lowest BCUT2D eigenvalue weighted by molar-refractivity contribution is -0.385. The number of nitro groups is 1. The zero-order valence-corrected chi connectivity index (χ0v) is 10.5. The number of nitrogens with one attached hydrogen (secondary N) is 1. The molecule has 2 rings (SSSR count). The molecule has 1 aromatic rings. The molecule has 1 aromatic heterocycles. The van der Waals surface area contributed by atoms with E-state index in [9.17, 15) is 10.1 Å². The van der Waals surface area contributed by atoms with E-state index in [1.54, 1.807) is 6.07 Å². The average Bonchev–Trinajstić information content (AvgIpc) is 2.38. The summed E-state index contributed by atoms with van der Waals surface area (Å²) in [4.78, 5) is 14.1. The van der Waals surface area contributed by atoms with Crippen LogP contribution in [0.2, 0.25) is 0 Å². The zero-order valence-electron chi connectivity index (χ0n) is 10.5. The van der Waals surface area contributed by atoms with Crippen molar-refractivity contribution in [3.8, 4) is 6.07 Å². The predicted molar refractivity (Wildman–Crippen MR) is 67.7 cm³/mol. The maximum Gasteiger partial charge on any atom is 0.305 e. The third-order valence-electron chi connectivity index (χ3n) is 3.01. The predicted octanol–water partition coefficient (Wildman–Crippen LogP) is 1.84. The Hall–Kier alpha value is -2.20. The number of anilines is 1. The van der Waals surface area contributed by atoms with Crippen LogP contribution in [0.5, 0.6) is 0 Å². The Morgan fingerprint density at radius 3 is 3.05 bits per heavy atom. The monoisotopic (exact) mass is 262 g/mol. The van der Waals surface area contributed by atoms with Gasteiger partial charge in [-0.25, -0.2) is 4.98 Å². The van der Waals surface area contributed by atoms with E-state index in [0.29, 0.717) is 12.4 Å². The molecule has 0 aliphatic carbocycles. The second-order valence-electron chi connectivity index (χ2n) is 4.48. The molecule has 0 spiro atoms. The first kappa shape index (κ1) is 13.2. The minimum absolute atomic E-state index is 0.171. The number of pyridine rings is 1. The van der Waals surface area contributed by atoms with Crippen molar-refractivity contribution in [2.45, 2.75) is 31.9 Å². The van der Waals surface area contributed by atoms with E-state index in [-0.39, 0.29) is 23.5 Å². The maximum absolute atomic E-state index is 10.7. The van der Waals surface area contributed by atoms with Gasteiger partial charge in [0.1, 0.15) is 11.9 Å². The molecular weight excluding hydrogens is 248 g/mol. The molecule has 7 heteroatoms. The van der Waals surface area contributed by atoms with E-state index in [4.69, 9.17) is 10.00 Å². The topological polar surface area (TPSA) is 101 Å². The zero-order chi connectivity index (χ0) is 13.8. The number of nitriles is 1. The minimum Gasteiger partial charge on any atom is -0.378 e. The second kappa shape index (κ2) is 5.63. The van der Waals surface area contributed by atoms with Crippen LogP contribution in [0.25, 0.3) is 0 Å². The molecule has 0 aromatic carbocycles. The van der Waals surface area contributed by atoms with E-state index in [2.05, 4.69) is 10.3 Å². The highest BCUT2D eigenvalue weighted by Crippen LogP contribution is 2.21. The molecule has 19 heavy (non-hydrogen) atoms. The molecule has 1 aliphatic rings. The Labute approximate surface area is 110 Å². The van der Waals surface area contributed by atoms with Gasteiger partial charge in [-0.2, -0.15) is 5.26 Å². The molecule has 2 heterocycles. The summed E-state index contributed by atoms with van der Waals surface area (Å²) in [5.41, 5.74) is -0.441. The van der Waals surface area contributed by atoms with E-state index in [1.165, 1.54) is 12.1 Å². The van der Waals surface area contributed by atoms with Gasteiger partial charge in [0.25, 0.3) is 0 Å². The van der Waals surface area contributed by atoms with Crippen LogP contribution in [0.4, 0.5) is 11.5 Å². The smallest absolute Gasteiger partial charge is 0.305 e. The van der Waals surface area contributed by atoms with Gasteiger partial charge in [-0.05, 0) is 25.8 Å². The Kier molecular flexibility index (Phi) is 3.92. The van der Waals surface area contributed by atoms with Gasteiger partial charge >= 0.3 is 5.69 Å². The first-order valence-electron chi connectivity index (χ1n) is 6.04. The molecule has 1 aliphatic heterocycles. The number of aromatic nitrogens is 1. The van der Waals surface area contributed by atoms with Crippen LogP contribution in [0.1, 0.15) is 25.5 Å². The van der Waals surface area contributed by atoms with Crippen molar-refractivity contribution >= 4 is 11.5 Å². The molecule has 2 unspecified atom stereocenters. The average molecular weight is 262 g/mol. The maximum atomic E-state index is 10.7. The van der Waals surface area contributed by atoms with Crippen molar-refractivity contribution in [3.05, 3.63) is 27.9 Å². The SMILES string of the molecule is CC1CC(Nc2ccc([N+](=O)[O-])c(C#N)n2)CCO1. The molecule has 0 amide bonds. The molecule has 1 fully saturated rings. The molecule has 0 radical (unpaired) electrons. The number of rotatable bonds is 3. The molecule has 0 saturated carbocycles. The van der Waals surface area contributed by atoms with Gasteiger partial charge in [-0.1, -0.05) is 0 Å². The van der Waals surface area contributed by atoms with E-state index in [0.717, 1.165) is 12.8 Å². The van der Waals surface area contributed by atoms with Crippen LogP contribution >= 0.6 is 0 Å². The van der Waals surface area contributed by atoms with Gasteiger partial charge in [0.15, 0.2) is 0 Å². The standard InChI is InChI=1S/C12H14N4O3/c1-8-6-9(4-5-19-8)14-12-3-2-11(16(17)18)10(7-13)15-12/h2-3,8-9H,4-6H2,1H3,(H,14,15). The van der Waals surface area contributed by atoms with Crippen LogP contribution in [0, 0.1) is 21.4 Å². The van der Waals surface area contributed by atoms with Crippen molar-refractivity contribution < 1.29 is 9.66 Å². The van der Waals surface area contributed by atoms with E-state index in [1.807, 2.05) is 6.92 Å². The minimum atomic E-state index is -0.605. The van der Waals surface area contributed by atoms with Crippen LogP contribution in [0.3, 0.4) is 0 Å². The lowest BCUT2D eigenvalue weighted by Gasteiger charge is -2.28. The van der Waals surface area contributed by atoms with E-state index >= 15 is 0 Å². The first-order chi connectivity index (χ1) is 9.10. The number of hydrogen-bond acceptors (Lipinski definition) is 6. The van der Waals surface area contributed by atoms with Gasteiger partial charge < -0.3 is 10.1 Å². The van der Waals surface area contributed by atoms with Crippen LogP contribution in [0.15, 0.2) is 12.1 Å². The van der Waals surface area contributed by atoms with Gasteiger partial charge in [-0.15, -0.1) is 0 Å². The van der Waals surface area contributed by atoms with Crippen LogP contribution in [-0.2, 0) is 4.74 Å². The summed E-state index contributed by atoms with van der Waals surface area (Å²) in [5, 5.41) is 22.8. The highest BCUT2D eigenvalue weighted by atomic mass is 16.6. The lowest BCUT2D eigenvalue weighted by atomic mass is 10.0. The quantitative estimate of drug-likeness (QED) is 0.658. The Balaban J connectivity index is 2.13. The Bertz CT molecular complexity index is 526. The Morgan fingerprint density at radius 2 is 2.42 bits per heavy atom. The summed E-state index contributed by atoms with van der Waals surface area (Å²) >= 11 is 0. The molecule has 100 valence electrons. The lowest BCUT2D eigenvalue weighted by Crippen LogP contribution is -2.32. The molecule has 7 nitrogen and oxygen atoms in total. The summed E-state index contributed by atoms with van der Waals surface area (Å²) in [7, 11) is 0. The molecule has 2 atom stereocenters. The molecule has 1 saturated heterocycles. The van der Waals surface area contributed by atoms with Gasteiger partial charge in [-0.3, -0.25) is 10.1 Å². The third-order valence-corrected chi connectivity index (χ3v) is 3.01. The highest BCUT2D eigenvalue weighted by molar-refractivity contribution is 5.50. The number of nitrogens with zero attached hydrogens (tertiary/aromatic N) is 3. The summed E-state index contributed by atoms with van der Waals surface area (Å²) in [6.07, 6.45) is 1.88. The van der Waals surface area contributed by atoms with Gasteiger partial charge in [0, 0.05) is 18.7 Å². The van der Waals surface area contributed by atoms with Crippen LogP contribution < -0.4 is 5.32 Å². The van der Waals surface area contributed by atoms with Gasteiger partial charge in [0.05, 0.1) is 11.0 Å². The highest BCUT2D eigenvalue weighted by Gasteiger charge is 2.21. The fourth-order valence-corrected chi connectivity index (χ4v) is 2.10. The summed E-state index contributed by atoms with van der Waals surface area (Å²) in [6.45, 7) is 2.68. The van der Waals surface area contributed by atoms with Crippen molar-refractivity contribution in [2.24, 2.45) is 0 Å². The Morgan fingerprint density at radius 1 is 1.63 bits per heavy atom. The fraction of sp³-hybridized carbons (Fsp3) is 0.500. The van der Waals surface area contributed by atoms with Crippen LogP contribution in [-0.4, -0.2) is 28.7 Å². The van der Waals surface area contributed by atoms with Gasteiger partial charge in [0.2, 0.25) is 5.69 Å². The van der Waals surface area contributed by atoms with Crippen molar-refractivity contribution in [3.63, 3.8) is 0 Å². The molecular formula is C12H14N4O3. The second-order valence-corrected chi connectivity index (χ2v) is 4.48. The number of ether oxygens (including phenoxy) is 1. The molecule has 1 N–H and O–H groups in total. The fourth-order valence-electron chi connectivity index (χ4n) is 2.10.